The first kappa shape index (κ1) is 20.0. The van der Waals surface area contributed by atoms with Crippen LogP contribution in [0.3, 0.4) is 0 Å². The van der Waals surface area contributed by atoms with E-state index in [-0.39, 0.29) is 29.1 Å². The molecule has 0 bridgehead atoms. The second kappa shape index (κ2) is 8.19. The van der Waals surface area contributed by atoms with E-state index in [0.29, 0.717) is 11.3 Å². The van der Waals surface area contributed by atoms with Crippen LogP contribution in [0.25, 0.3) is 5.57 Å². The zero-order chi connectivity index (χ0) is 22.0. The van der Waals surface area contributed by atoms with Crippen LogP contribution in [0.2, 0.25) is 0 Å². The van der Waals surface area contributed by atoms with Gasteiger partial charge in [0.25, 0.3) is 17.5 Å². The van der Waals surface area contributed by atoms with E-state index in [2.05, 4.69) is 5.32 Å². The largest absolute Gasteiger partial charge is 0.350 e. The maximum absolute atomic E-state index is 14.1. The summed E-state index contributed by atoms with van der Waals surface area (Å²) in [6, 6.07) is 20.1. The fourth-order valence-electron chi connectivity index (χ4n) is 3.32. The number of nitro benzene ring substituents is 1. The van der Waals surface area contributed by atoms with Crippen LogP contribution in [0, 0.1) is 15.9 Å². The molecule has 0 atom stereocenters. The number of nitro groups is 1. The third-order valence-electron chi connectivity index (χ3n) is 4.86. The summed E-state index contributed by atoms with van der Waals surface area (Å²) in [6.45, 7) is -0.235. The molecule has 8 heteroatoms. The minimum atomic E-state index is -0.611. The molecule has 0 saturated heterocycles. The van der Waals surface area contributed by atoms with Crippen LogP contribution >= 0.6 is 0 Å². The van der Waals surface area contributed by atoms with Gasteiger partial charge in [-0.05, 0) is 35.9 Å². The number of carbonyl (C=O) groups excluding carboxylic acids is 2. The molecule has 0 fully saturated rings. The van der Waals surface area contributed by atoms with Crippen LogP contribution in [0.5, 0.6) is 0 Å². The van der Waals surface area contributed by atoms with Gasteiger partial charge in [0.05, 0.1) is 17.0 Å². The molecular formula is C23H16FN3O4. The quantitative estimate of drug-likeness (QED) is 0.370. The molecule has 3 aromatic rings. The number of imide groups is 1. The zero-order valence-electron chi connectivity index (χ0n) is 16.1. The van der Waals surface area contributed by atoms with Crippen molar-refractivity contribution in [2.45, 2.75) is 6.54 Å². The Bertz CT molecular complexity index is 1210. The van der Waals surface area contributed by atoms with Gasteiger partial charge >= 0.3 is 0 Å². The van der Waals surface area contributed by atoms with Crippen molar-refractivity contribution in [3.8, 4) is 0 Å². The van der Waals surface area contributed by atoms with E-state index in [1.54, 1.807) is 30.3 Å². The van der Waals surface area contributed by atoms with E-state index in [1.807, 2.05) is 6.07 Å². The molecule has 0 aliphatic carbocycles. The van der Waals surface area contributed by atoms with Crippen molar-refractivity contribution in [3.05, 3.63) is 112 Å². The molecule has 1 aliphatic heterocycles. The number of benzene rings is 3. The monoisotopic (exact) mass is 417 g/mol. The highest BCUT2D eigenvalue weighted by Gasteiger charge is 2.39. The molecule has 154 valence electrons. The SMILES string of the molecule is O=C1C(Nc2ccccc2)=C(c2ccc([N+](=O)[O-])cc2)C(=O)N1Cc1ccccc1F. The Morgan fingerprint density at radius 2 is 1.52 bits per heavy atom. The number of non-ortho nitro benzene ring substituents is 1. The lowest BCUT2D eigenvalue weighted by molar-refractivity contribution is -0.384. The molecule has 0 spiro atoms. The van der Waals surface area contributed by atoms with E-state index in [0.717, 1.165) is 4.90 Å². The smallest absolute Gasteiger partial charge is 0.278 e. The number of halogens is 1. The maximum Gasteiger partial charge on any atom is 0.278 e. The van der Waals surface area contributed by atoms with E-state index < -0.39 is 22.6 Å². The van der Waals surface area contributed by atoms with Crippen LogP contribution in [0.1, 0.15) is 11.1 Å². The molecule has 0 saturated carbocycles. The Morgan fingerprint density at radius 3 is 2.16 bits per heavy atom. The fourth-order valence-corrected chi connectivity index (χ4v) is 3.32. The minimum Gasteiger partial charge on any atom is -0.350 e. The molecule has 31 heavy (non-hydrogen) atoms. The van der Waals surface area contributed by atoms with Gasteiger partial charge in [-0.25, -0.2) is 4.39 Å². The Hall–Kier alpha value is -4.33. The van der Waals surface area contributed by atoms with Gasteiger partial charge in [0.1, 0.15) is 11.5 Å². The van der Waals surface area contributed by atoms with Crippen molar-refractivity contribution in [3.63, 3.8) is 0 Å². The number of amides is 2. The highest BCUT2D eigenvalue weighted by molar-refractivity contribution is 6.36. The third-order valence-corrected chi connectivity index (χ3v) is 4.86. The predicted molar refractivity (Wildman–Crippen MR) is 112 cm³/mol. The average Bonchev–Trinajstić information content (AvgIpc) is 3.00. The molecule has 1 N–H and O–H groups in total. The number of carbonyl (C=O) groups is 2. The van der Waals surface area contributed by atoms with Crippen molar-refractivity contribution in [2.75, 3.05) is 5.32 Å². The van der Waals surface area contributed by atoms with Gasteiger partial charge in [-0.2, -0.15) is 0 Å². The number of rotatable bonds is 6. The van der Waals surface area contributed by atoms with Gasteiger partial charge < -0.3 is 5.32 Å². The maximum atomic E-state index is 14.1. The predicted octanol–water partition coefficient (Wildman–Crippen LogP) is 4.13. The molecule has 1 heterocycles. The highest BCUT2D eigenvalue weighted by Crippen LogP contribution is 2.32. The third kappa shape index (κ3) is 3.91. The number of hydrogen-bond acceptors (Lipinski definition) is 5. The van der Waals surface area contributed by atoms with Gasteiger partial charge in [0, 0.05) is 23.4 Å². The molecule has 2 amide bonds. The van der Waals surface area contributed by atoms with Crippen LogP contribution in [0.15, 0.2) is 84.6 Å². The molecule has 4 rings (SSSR count). The zero-order valence-corrected chi connectivity index (χ0v) is 16.1. The van der Waals surface area contributed by atoms with Crippen LogP contribution < -0.4 is 5.32 Å². The molecule has 3 aromatic carbocycles. The number of nitrogens with zero attached hydrogens (tertiary/aromatic N) is 2. The summed E-state index contributed by atoms with van der Waals surface area (Å²) < 4.78 is 14.1. The summed E-state index contributed by atoms with van der Waals surface area (Å²) in [5.74, 6) is -1.74. The number of nitrogens with one attached hydrogen (secondary N) is 1. The molecule has 7 nitrogen and oxygen atoms in total. The minimum absolute atomic E-state index is 0.0291. The van der Waals surface area contributed by atoms with E-state index in [1.165, 1.54) is 42.5 Å². The Morgan fingerprint density at radius 1 is 0.871 bits per heavy atom. The summed E-state index contributed by atoms with van der Waals surface area (Å²) in [5, 5.41) is 13.9. The van der Waals surface area contributed by atoms with Gasteiger partial charge in [-0.15, -0.1) is 0 Å². The number of anilines is 1. The van der Waals surface area contributed by atoms with Gasteiger partial charge in [-0.3, -0.25) is 24.6 Å². The van der Waals surface area contributed by atoms with Crippen molar-refractivity contribution >= 4 is 28.8 Å². The highest BCUT2D eigenvalue weighted by atomic mass is 19.1. The first-order chi connectivity index (χ1) is 15.0. The van der Waals surface area contributed by atoms with Crippen LogP contribution in [-0.2, 0) is 16.1 Å². The normalized spacial score (nSPS) is 13.6. The second-order valence-electron chi connectivity index (χ2n) is 6.83. The standard InChI is InChI=1S/C23H16FN3O4/c24-19-9-5-4-6-16(19)14-26-22(28)20(15-10-12-18(13-11-15)27(30)31)21(23(26)29)25-17-7-2-1-3-8-17/h1-13,25H,14H2. The lowest BCUT2D eigenvalue weighted by Crippen LogP contribution is -2.32. The van der Waals surface area contributed by atoms with Crippen molar-refractivity contribution < 1.29 is 18.9 Å². The summed E-state index contributed by atoms with van der Waals surface area (Å²) in [6.07, 6.45) is 0. The summed E-state index contributed by atoms with van der Waals surface area (Å²) in [7, 11) is 0. The average molecular weight is 417 g/mol. The van der Waals surface area contributed by atoms with Gasteiger partial charge in [0.15, 0.2) is 0 Å². The Kier molecular flexibility index (Phi) is 5.28. The van der Waals surface area contributed by atoms with Crippen molar-refractivity contribution in [1.82, 2.24) is 4.90 Å². The first-order valence-electron chi connectivity index (χ1n) is 9.36. The number of hydrogen-bond donors (Lipinski definition) is 1. The molecule has 0 radical (unpaired) electrons. The van der Waals surface area contributed by atoms with Crippen LogP contribution in [-0.4, -0.2) is 21.6 Å². The number of para-hydroxylation sites is 1. The van der Waals surface area contributed by atoms with Crippen molar-refractivity contribution in [2.24, 2.45) is 0 Å². The first-order valence-corrected chi connectivity index (χ1v) is 9.36. The summed E-state index contributed by atoms with van der Waals surface area (Å²) in [4.78, 5) is 37.7. The Labute approximate surface area is 176 Å². The molecule has 0 aromatic heterocycles. The topological polar surface area (TPSA) is 92.5 Å². The lowest BCUT2D eigenvalue weighted by atomic mass is 10.0. The Balaban J connectivity index is 1.75. The van der Waals surface area contributed by atoms with Crippen molar-refractivity contribution in [1.29, 1.82) is 0 Å². The molecule has 0 unspecified atom stereocenters. The molecule has 1 aliphatic rings. The van der Waals surface area contributed by atoms with E-state index in [4.69, 9.17) is 0 Å². The van der Waals surface area contributed by atoms with E-state index >= 15 is 0 Å². The fraction of sp³-hybridized carbons (Fsp3) is 0.0435. The van der Waals surface area contributed by atoms with E-state index in [9.17, 15) is 24.1 Å². The molecular weight excluding hydrogens is 401 g/mol. The van der Waals surface area contributed by atoms with Crippen LogP contribution in [0.4, 0.5) is 15.8 Å². The lowest BCUT2D eigenvalue weighted by Gasteiger charge is -2.16. The summed E-state index contributed by atoms with van der Waals surface area (Å²) in [5.41, 5.74) is 1.10. The van der Waals surface area contributed by atoms with Gasteiger partial charge in [0.2, 0.25) is 0 Å². The summed E-state index contributed by atoms with van der Waals surface area (Å²) >= 11 is 0. The van der Waals surface area contributed by atoms with Gasteiger partial charge in [-0.1, -0.05) is 36.4 Å². The second-order valence-corrected chi connectivity index (χ2v) is 6.83.